The molecule has 0 bridgehead atoms. The van der Waals surface area contributed by atoms with E-state index in [1.807, 2.05) is 7.05 Å². The van der Waals surface area contributed by atoms with E-state index in [4.69, 9.17) is 0 Å². The molecule has 0 aliphatic carbocycles. The van der Waals surface area contributed by atoms with Gasteiger partial charge in [-0.1, -0.05) is 20.3 Å². The summed E-state index contributed by atoms with van der Waals surface area (Å²) in [5, 5.41) is 6.58. The smallest absolute Gasteiger partial charge is 0.230 e. The van der Waals surface area contributed by atoms with Crippen molar-refractivity contribution in [2.24, 2.45) is 5.92 Å². The van der Waals surface area contributed by atoms with Crippen LogP contribution in [0.3, 0.4) is 0 Å². The van der Waals surface area contributed by atoms with Crippen LogP contribution in [0, 0.1) is 5.92 Å². The van der Waals surface area contributed by atoms with Crippen LogP contribution in [-0.4, -0.2) is 47.7 Å². The molecule has 1 fully saturated rings. The number of aromatic nitrogens is 3. The fourth-order valence-corrected chi connectivity index (χ4v) is 2.11. The van der Waals surface area contributed by atoms with Crippen LogP contribution >= 0.6 is 0 Å². The van der Waals surface area contributed by atoms with E-state index in [9.17, 15) is 0 Å². The van der Waals surface area contributed by atoms with E-state index in [2.05, 4.69) is 44.3 Å². The molecule has 1 aromatic heterocycles. The molecule has 6 heteroatoms. The molecular formula is C13H24N6. The lowest BCUT2D eigenvalue weighted by Crippen LogP contribution is -2.30. The van der Waals surface area contributed by atoms with Gasteiger partial charge in [-0.25, -0.2) is 9.97 Å². The lowest BCUT2D eigenvalue weighted by Gasteiger charge is -2.17. The van der Waals surface area contributed by atoms with Gasteiger partial charge in [-0.15, -0.1) is 0 Å². The van der Waals surface area contributed by atoms with E-state index in [0.29, 0.717) is 17.9 Å². The maximum absolute atomic E-state index is 4.49. The van der Waals surface area contributed by atoms with Crippen LogP contribution in [0.5, 0.6) is 0 Å². The number of anilines is 2. The van der Waals surface area contributed by atoms with Crippen molar-refractivity contribution in [3.8, 4) is 0 Å². The molecule has 1 aliphatic rings. The maximum atomic E-state index is 4.49. The molecule has 0 saturated carbocycles. The Kier molecular flexibility index (Phi) is 4.90. The monoisotopic (exact) mass is 264 g/mol. The molecule has 106 valence electrons. The van der Waals surface area contributed by atoms with Crippen LogP contribution < -0.4 is 15.5 Å². The molecule has 0 amide bonds. The zero-order valence-electron chi connectivity index (χ0n) is 12.1. The van der Waals surface area contributed by atoms with Gasteiger partial charge in [-0.3, -0.25) is 0 Å². The first-order chi connectivity index (χ1) is 9.22. The van der Waals surface area contributed by atoms with Crippen molar-refractivity contribution >= 4 is 11.9 Å². The van der Waals surface area contributed by atoms with Crippen LogP contribution in [0.2, 0.25) is 0 Å². The number of nitrogens with zero attached hydrogens (tertiary/aromatic N) is 4. The molecule has 2 rings (SSSR count). The van der Waals surface area contributed by atoms with Gasteiger partial charge in [0, 0.05) is 25.7 Å². The van der Waals surface area contributed by atoms with Crippen molar-refractivity contribution in [2.75, 3.05) is 36.9 Å². The highest BCUT2D eigenvalue weighted by Crippen LogP contribution is 2.16. The highest BCUT2D eigenvalue weighted by Gasteiger charge is 2.23. The second kappa shape index (κ2) is 6.65. The number of rotatable bonds is 6. The Bertz CT molecular complexity index is 396. The predicted molar refractivity (Wildman–Crippen MR) is 77.4 cm³/mol. The first-order valence-electron chi connectivity index (χ1n) is 7.08. The Morgan fingerprint density at radius 1 is 1.47 bits per heavy atom. The summed E-state index contributed by atoms with van der Waals surface area (Å²) in [6.07, 6.45) is 3.88. The van der Waals surface area contributed by atoms with Crippen molar-refractivity contribution in [3.63, 3.8) is 0 Å². The largest absolute Gasteiger partial charge is 0.354 e. The van der Waals surface area contributed by atoms with Crippen molar-refractivity contribution in [1.82, 2.24) is 20.3 Å². The van der Waals surface area contributed by atoms with E-state index in [1.54, 1.807) is 6.33 Å². The summed E-state index contributed by atoms with van der Waals surface area (Å²) < 4.78 is 0. The van der Waals surface area contributed by atoms with Crippen LogP contribution in [-0.2, 0) is 0 Å². The van der Waals surface area contributed by atoms with E-state index >= 15 is 0 Å². The van der Waals surface area contributed by atoms with Crippen LogP contribution in [0.1, 0.15) is 26.7 Å². The van der Waals surface area contributed by atoms with Crippen LogP contribution in [0.25, 0.3) is 0 Å². The number of nitrogens with one attached hydrogen (secondary N) is 2. The molecule has 19 heavy (non-hydrogen) atoms. The molecule has 0 unspecified atom stereocenters. The van der Waals surface area contributed by atoms with E-state index in [1.165, 1.54) is 0 Å². The normalized spacial score (nSPS) is 20.6. The molecule has 2 N–H and O–H groups in total. The van der Waals surface area contributed by atoms with Crippen LogP contribution in [0.4, 0.5) is 11.9 Å². The summed E-state index contributed by atoms with van der Waals surface area (Å²) >= 11 is 0. The van der Waals surface area contributed by atoms with Crippen molar-refractivity contribution in [3.05, 3.63) is 6.33 Å². The van der Waals surface area contributed by atoms with Gasteiger partial charge in [0.2, 0.25) is 11.9 Å². The number of hydrogen-bond donors (Lipinski definition) is 2. The molecule has 1 aromatic rings. The summed E-state index contributed by atoms with van der Waals surface area (Å²) in [5.74, 6) is 2.08. The lowest BCUT2D eigenvalue weighted by atomic mass is 10.1. The zero-order valence-corrected chi connectivity index (χ0v) is 12.1. The van der Waals surface area contributed by atoms with Gasteiger partial charge in [0.25, 0.3) is 0 Å². The quantitative estimate of drug-likeness (QED) is 0.803. The minimum Gasteiger partial charge on any atom is -0.354 e. The topological polar surface area (TPSA) is 66.0 Å². The number of hydrogen-bond acceptors (Lipinski definition) is 6. The summed E-state index contributed by atoms with van der Waals surface area (Å²) in [5.41, 5.74) is 0. The third-order valence-electron chi connectivity index (χ3n) is 3.74. The van der Waals surface area contributed by atoms with Gasteiger partial charge in [0.15, 0.2) is 0 Å². The summed E-state index contributed by atoms with van der Waals surface area (Å²) in [6, 6.07) is 0.535. The second-order valence-corrected chi connectivity index (χ2v) is 5.22. The highest BCUT2D eigenvalue weighted by atomic mass is 15.3. The summed E-state index contributed by atoms with van der Waals surface area (Å²) in [6.45, 7) is 7.27. The molecule has 6 nitrogen and oxygen atoms in total. The molecule has 0 spiro atoms. The lowest BCUT2D eigenvalue weighted by molar-refractivity contribution is 0.591. The van der Waals surface area contributed by atoms with E-state index < -0.39 is 0 Å². The third kappa shape index (κ3) is 3.76. The first kappa shape index (κ1) is 14.0. The Labute approximate surface area is 115 Å². The van der Waals surface area contributed by atoms with Crippen molar-refractivity contribution < 1.29 is 0 Å². The van der Waals surface area contributed by atoms with Gasteiger partial charge < -0.3 is 15.5 Å². The van der Waals surface area contributed by atoms with Crippen LogP contribution in [0.15, 0.2) is 6.33 Å². The molecule has 1 saturated heterocycles. The second-order valence-electron chi connectivity index (χ2n) is 5.22. The minimum absolute atomic E-state index is 0.535. The molecule has 1 aliphatic heterocycles. The molecule has 0 radical (unpaired) electrons. The first-order valence-corrected chi connectivity index (χ1v) is 7.08. The molecule has 2 heterocycles. The number of likely N-dealkylation sites (N-methyl/N-ethyl adjacent to an activating group) is 1. The van der Waals surface area contributed by atoms with Crippen molar-refractivity contribution in [2.45, 2.75) is 32.7 Å². The fraction of sp³-hybridized carbons (Fsp3) is 0.769. The Morgan fingerprint density at radius 2 is 2.32 bits per heavy atom. The SMILES string of the molecule is CC[C@H](C)CNc1ncnc(N2CC[C@@H](NC)C2)n1. The standard InChI is InChI=1S/C13H24N6/c1-4-10(2)7-15-12-16-9-17-13(18-12)19-6-5-11(8-19)14-3/h9-11,14H,4-8H2,1-3H3,(H,15,16,17,18)/t10-,11+/m0/s1. The third-order valence-corrected chi connectivity index (χ3v) is 3.74. The van der Waals surface area contributed by atoms with Gasteiger partial charge in [-0.05, 0) is 19.4 Å². The highest BCUT2D eigenvalue weighted by molar-refractivity contribution is 5.37. The average Bonchev–Trinajstić information content (AvgIpc) is 2.94. The van der Waals surface area contributed by atoms with E-state index in [-0.39, 0.29) is 0 Å². The molecule has 2 atom stereocenters. The molecular weight excluding hydrogens is 240 g/mol. The van der Waals surface area contributed by atoms with Gasteiger partial charge >= 0.3 is 0 Å². The minimum atomic E-state index is 0.535. The molecule has 0 aromatic carbocycles. The van der Waals surface area contributed by atoms with Gasteiger partial charge in [0.05, 0.1) is 0 Å². The predicted octanol–water partition coefficient (Wildman–Crippen LogP) is 1.13. The summed E-state index contributed by atoms with van der Waals surface area (Å²) in [4.78, 5) is 15.2. The Morgan fingerprint density at radius 3 is 3.00 bits per heavy atom. The fourth-order valence-electron chi connectivity index (χ4n) is 2.11. The van der Waals surface area contributed by atoms with E-state index in [0.717, 1.165) is 38.4 Å². The van der Waals surface area contributed by atoms with Crippen molar-refractivity contribution in [1.29, 1.82) is 0 Å². The Hall–Kier alpha value is -1.43. The maximum Gasteiger partial charge on any atom is 0.230 e. The van der Waals surface area contributed by atoms with Gasteiger partial charge in [0.1, 0.15) is 6.33 Å². The zero-order chi connectivity index (χ0) is 13.7. The van der Waals surface area contributed by atoms with Gasteiger partial charge in [-0.2, -0.15) is 4.98 Å². The Balaban J connectivity index is 1.95. The average molecular weight is 264 g/mol. The summed E-state index contributed by atoms with van der Waals surface area (Å²) in [7, 11) is 2.00.